The molecular weight excluding hydrogens is 296 g/mol. The van der Waals surface area contributed by atoms with Crippen molar-refractivity contribution < 1.29 is 4.74 Å². The maximum Gasteiger partial charge on any atom is 0.225 e. The molecule has 0 radical (unpaired) electrons. The molecule has 1 aliphatic heterocycles. The van der Waals surface area contributed by atoms with E-state index < -0.39 is 0 Å². The molecule has 0 spiro atoms. The Balaban J connectivity index is 1.99. The van der Waals surface area contributed by atoms with E-state index in [1.165, 1.54) is 0 Å². The maximum absolute atomic E-state index is 5.85. The summed E-state index contributed by atoms with van der Waals surface area (Å²) < 4.78 is 6.72. The van der Waals surface area contributed by atoms with E-state index >= 15 is 0 Å². The minimum atomic E-state index is -0.152. The standard InChI is InChI=1S/C12H19BrN4O/c1-2-18-12(9-14)3-5-17(6-4-12)11-15-7-10(13)8-16-11/h7-8H,2-6,9,14H2,1H3. The first-order chi connectivity index (χ1) is 8.69. The fourth-order valence-electron chi connectivity index (χ4n) is 2.30. The Morgan fingerprint density at radius 1 is 1.39 bits per heavy atom. The highest BCUT2D eigenvalue weighted by molar-refractivity contribution is 9.10. The second-order valence-electron chi connectivity index (χ2n) is 4.51. The van der Waals surface area contributed by atoms with E-state index in [0.29, 0.717) is 13.2 Å². The molecule has 0 bridgehead atoms. The molecule has 0 unspecified atom stereocenters. The van der Waals surface area contributed by atoms with Gasteiger partial charge >= 0.3 is 0 Å². The van der Waals surface area contributed by atoms with Crippen molar-refractivity contribution in [3.63, 3.8) is 0 Å². The molecule has 18 heavy (non-hydrogen) atoms. The Bertz CT molecular complexity index is 376. The van der Waals surface area contributed by atoms with Crippen LogP contribution in [0.1, 0.15) is 19.8 Å². The second kappa shape index (κ2) is 5.95. The topological polar surface area (TPSA) is 64.3 Å². The van der Waals surface area contributed by atoms with E-state index in [-0.39, 0.29) is 5.60 Å². The molecule has 2 N–H and O–H groups in total. The van der Waals surface area contributed by atoms with Crippen LogP contribution in [0.25, 0.3) is 0 Å². The fourth-order valence-corrected chi connectivity index (χ4v) is 2.50. The zero-order chi connectivity index (χ0) is 13.0. The molecule has 1 saturated heterocycles. The van der Waals surface area contributed by atoms with Crippen molar-refractivity contribution >= 4 is 21.9 Å². The number of piperidine rings is 1. The van der Waals surface area contributed by atoms with E-state index in [9.17, 15) is 0 Å². The molecular formula is C12H19BrN4O. The number of halogens is 1. The number of aromatic nitrogens is 2. The summed E-state index contributed by atoms with van der Waals surface area (Å²) >= 11 is 3.34. The Morgan fingerprint density at radius 3 is 2.50 bits per heavy atom. The largest absolute Gasteiger partial charge is 0.374 e. The third-order valence-electron chi connectivity index (χ3n) is 3.39. The van der Waals surface area contributed by atoms with Crippen molar-refractivity contribution in [1.29, 1.82) is 0 Å². The van der Waals surface area contributed by atoms with E-state index in [2.05, 4.69) is 30.8 Å². The van der Waals surface area contributed by atoms with E-state index in [4.69, 9.17) is 10.5 Å². The minimum Gasteiger partial charge on any atom is -0.374 e. The zero-order valence-electron chi connectivity index (χ0n) is 10.6. The van der Waals surface area contributed by atoms with Gasteiger partial charge in [-0.3, -0.25) is 0 Å². The summed E-state index contributed by atoms with van der Waals surface area (Å²) in [5.74, 6) is 0.778. The molecule has 2 rings (SSSR count). The lowest BCUT2D eigenvalue weighted by Gasteiger charge is -2.40. The lowest BCUT2D eigenvalue weighted by atomic mass is 9.91. The molecule has 1 aliphatic rings. The summed E-state index contributed by atoms with van der Waals surface area (Å²) in [7, 11) is 0. The van der Waals surface area contributed by atoms with Gasteiger partial charge in [0.1, 0.15) is 0 Å². The van der Waals surface area contributed by atoms with Gasteiger partial charge in [0.05, 0.1) is 10.1 Å². The second-order valence-corrected chi connectivity index (χ2v) is 5.42. The summed E-state index contributed by atoms with van der Waals surface area (Å²) in [4.78, 5) is 10.8. The molecule has 100 valence electrons. The van der Waals surface area contributed by atoms with Gasteiger partial charge in [-0.05, 0) is 35.7 Å². The normalized spacial score (nSPS) is 18.9. The SMILES string of the molecule is CCOC1(CN)CCN(c2ncc(Br)cn2)CC1. The molecule has 0 atom stereocenters. The van der Waals surface area contributed by atoms with Crippen LogP contribution in [0.2, 0.25) is 0 Å². The van der Waals surface area contributed by atoms with Gasteiger partial charge in [-0.15, -0.1) is 0 Å². The zero-order valence-corrected chi connectivity index (χ0v) is 12.2. The van der Waals surface area contributed by atoms with E-state index in [0.717, 1.165) is 36.4 Å². The van der Waals surface area contributed by atoms with Crippen LogP contribution in [-0.2, 0) is 4.74 Å². The Morgan fingerprint density at radius 2 is 2.00 bits per heavy atom. The van der Waals surface area contributed by atoms with Gasteiger partial charge in [0, 0.05) is 38.6 Å². The van der Waals surface area contributed by atoms with Crippen LogP contribution in [0.15, 0.2) is 16.9 Å². The molecule has 0 aliphatic carbocycles. The Kier molecular flexibility index (Phi) is 4.53. The predicted octanol–water partition coefficient (Wildman–Crippen LogP) is 1.57. The van der Waals surface area contributed by atoms with Gasteiger partial charge in [-0.25, -0.2) is 9.97 Å². The summed E-state index contributed by atoms with van der Waals surface area (Å²) in [5.41, 5.74) is 5.70. The summed E-state index contributed by atoms with van der Waals surface area (Å²) in [6.07, 6.45) is 5.40. The van der Waals surface area contributed by atoms with Gasteiger partial charge in [0.15, 0.2) is 0 Å². The lowest BCUT2D eigenvalue weighted by Crippen LogP contribution is -2.51. The third kappa shape index (κ3) is 2.99. The summed E-state index contributed by atoms with van der Waals surface area (Å²) in [5, 5.41) is 0. The molecule has 1 aromatic heterocycles. The van der Waals surface area contributed by atoms with Crippen LogP contribution in [0.5, 0.6) is 0 Å². The van der Waals surface area contributed by atoms with Crippen molar-refractivity contribution in [2.45, 2.75) is 25.4 Å². The quantitative estimate of drug-likeness (QED) is 0.914. The first-order valence-corrected chi connectivity index (χ1v) is 7.05. The monoisotopic (exact) mass is 314 g/mol. The Hall–Kier alpha value is -0.720. The number of nitrogens with zero attached hydrogens (tertiary/aromatic N) is 3. The minimum absolute atomic E-state index is 0.152. The van der Waals surface area contributed by atoms with Crippen molar-refractivity contribution in [2.75, 3.05) is 31.1 Å². The van der Waals surface area contributed by atoms with Crippen LogP contribution < -0.4 is 10.6 Å². The molecule has 2 heterocycles. The van der Waals surface area contributed by atoms with Crippen LogP contribution >= 0.6 is 15.9 Å². The van der Waals surface area contributed by atoms with Crippen molar-refractivity contribution in [3.05, 3.63) is 16.9 Å². The third-order valence-corrected chi connectivity index (χ3v) is 3.80. The molecule has 6 heteroatoms. The van der Waals surface area contributed by atoms with Crippen LogP contribution in [0.4, 0.5) is 5.95 Å². The van der Waals surface area contributed by atoms with Crippen molar-refractivity contribution in [1.82, 2.24) is 9.97 Å². The van der Waals surface area contributed by atoms with Crippen LogP contribution in [0.3, 0.4) is 0 Å². The molecule has 0 amide bonds. The number of hydrogen-bond acceptors (Lipinski definition) is 5. The first-order valence-electron chi connectivity index (χ1n) is 6.25. The molecule has 5 nitrogen and oxygen atoms in total. The predicted molar refractivity (Wildman–Crippen MR) is 74.6 cm³/mol. The number of ether oxygens (including phenoxy) is 1. The van der Waals surface area contributed by atoms with Gasteiger partial charge in [-0.1, -0.05) is 0 Å². The van der Waals surface area contributed by atoms with Crippen LogP contribution in [0, 0.1) is 0 Å². The highest BCUT2D eigenvalue weighted by Crippen LogP contribution is 2.27. The number of nitrogens with two attached hydrogens (primary N) is 1. The summed E-state index contributed by atoms with van der Waals surface area (Å²) in [6.45, 7) is 5.08. The van der Waals surface area contributed by atoms with Gasteiger partial charge in [0.25, 0.3) is 0 Å². The number of anilines is 1. The average molecular weight is 315 g/mol. The average Bonchev–Trinajstić information content (AvgIpc) is 2.41. The van der Waals surface area contributed by atoms with E-state index in [1.54, 1.807) is 12.4 Å². The highest BCUT2D eigenvalue weighted by atomic mass is 79.9. The lowest BCUT2D eigenvalue weighted by molar-refractivity contribution is -0.0488. The molecule has 1 aromatic rings. The van der Waals surface area contributed by atoms with Crippen LogP contribution in [-0.4, -0.2) is 41.8 Å². The number of rotatable bonds is 4. The van der Waals surface area contributed by atoms with Crippen molar-refractivity contribution in [2.24, 2.45) is 5.73 Å². The molecule has 1 fully saturated rings. The first kappa shape index (κ1) is 13.7. The molecule has 0 saturated carbocycles. The number of hydrogen-bond donors (Lipinski definition) is 1. The van der Waals surface area contributed by atoms with Crippen molar-refractivity contribution in [3.8, 4) is 0 Å². The Labute approximate surface area is 116 Å². The van der Waals surface area contributed by atoms with Gasteiger partial charge in [0.2, 0.25) is 5.95 Å². The highest BCUT2D eigenvalue weighted by Gasteiger charge is 2.34. The van der Waals surface area contributed by atoms with E-state index in [1.807, 2.05) is 6.92 Å². The fraction of sp³-hybridized carbons (Fsp3) is 0.667. The maximum atomic E-state index is 5.85. The van der Waals surface area contributed by atoms with Gasteiger partial charge < -0.3 is 15.4 Å². The molecule has 0 aromatic carbocycles. The van der Waals surface area contributed by atoms with Gasteiger partial charge in [-0.2, -0.15) is 0 Å². The smallest absolute Gasteiger partial charge is 0.225 e. The summed E-state index contributed by atoms with van der Waals surface area (Å²) in [6, 6.07) is 0.